The molecular formula is C21H13F3N2S2. The second kappa shape index (κ2) is 7.04. The highest BCUT2D eigenvalue weighted by Gasteiger charge is 2.36. The van der Waals surface area contributed by atoms with Gasteiger partial charge in [0.1, 0.15) is 4.88 Å². The van der Waals surface area contributed by atoms with Gasteiger partial charge in [-0.05, 0) is 60.6 Å². The summed E-state index contributed by atoms with van der Waals surface area (Å²) >= 11 is 2.11. The van der Waals surface area contributed by atoms with Crippen molar-refractivity contribution in [2.75, 3.05) is 0 Å². The van der Waals surface area contributed by atoms with Crippen molar-refractivity contribution in [3.63, 3.8) is 0 Å². The number of hydrogen-bond donors (Lipinski definition) is 0. The van der Waals surface area contributed by atoms with Gasteiger partial charge in [0.2, 0.25) is 0 Å². The van der Waals surface area contributed by atoms with E-state index in [-0.39, 0.29) is 5.56 Å². The first-order valence-electron chi connectivity index (χ1n) is 8.32. The molecule has 0 saturated heterocycles. The Hall–Kier alpha value is -2.69. The number of rotatable bonds is 3. The first-order chi connectivity index (χ1) is 13.4. The lowest BCUT2D eigenvalue weighted by atomic mass is 10.0. The maximum Gasteiger partial charge on any atom is 0.426 e. The molecule has 0 amide bonds. The van der Waals surface area contributed by atoms with Gasteiger partial charge in [-0.1, -0.05) is 17.7 Å². The van der Waals surface area contributed by atoms with Crippen LogP contribution in [-0.2, 0) is 6.18 Å². The molecule has 140 valence electrons. The molecule has 2 aromatic carbocycles. The summed E-state index contributed by atoms with van der Waals surface area (Å²) in [6, 6.07) is 16.6. The van der Waals surface area contributed by atoms with Gasteiger partial charge in [-0.3, -0.25) is 3.97 Å². The Morgan fingerprint density at radius 1 is 1.04 bits per heavy atom. The monoisotopic (exact) mass is 414 g/mol. The minimum atomic E-state index is -4.42. The van der Waals surface area contributed by atoms with Crippen LogP contribution in [0.15, 0.2) is 65.0 Å². The molecule has 0 aliphatic rings. The molecule has 2 aromatic heterocycles. The van der Waals surface area contributed by atoms with Crippen molar-refractivity contribution in [2.24, 2.45) is 0 Å². The second-order valence-corrected chi connectivity index (χ2v) is 8.24. The first-order valence-corrected chi connectivity index (χ1v) is 9.97. The van der Waals surface area contributed by atoms with Crippen LogP contribution in [0.2, 0.25) is 0 Å². The summed E-state index contributed by atoms with van der Waals surface area (Å²) < 4.78 is 42.2. The molecule has 2 heterocycles. The van der Waals surface area contributed by atoms with Crippen LogP contribution >= 0.6 is 23.3 Å². The Kier molecular flexibility index (Phi) is 4.69. The van der Waals surface area contributed by atoms with E-state index in [2.05, 4.69) is 6.07 Å². The van der Waals surface area contributed by atoms with Crippen LogP contribution in [0.25, 0.3) is 22.0 Å². The summed E-state index contributed by atoms with van der Waals surface area (Å²) in [5, 5.41) is 11.3. The molecule has 28 heavy (non-hydrogen) atoms. The van der Waals surface area contributed by atoms with Crippen molar-refractivity contribution in [1.29, 1.82) is 5.26 Å². The number of aryl methyl sites for hydroxylation is 1. The summed E-state index contributed by atoms with van der Waals surface area (Å²) in [5.74, 6) is 0. The van der Waals surface area contributed by atoms with Crippen LogP contribution in [-0.4, -0.2) is 3.97 Å². The van der Waals surface area contributed by atoms with Gasteiger partial charge in [0.15, 0.2) is 0 Å². The Morgan fingerprint density at radius 2 is 1.79 bits per heavy atom. The predicted octanol–water partition coefficient (Wildman–Crippen LogP) is 7.12. The van der Waals surface area contributed by atoms with E-state index in [0.717, 1.165) is 16.0 Å². The zero-order chi connectivity index (χ0) is 19.9. The highest BCUT2D eigenvalue weighted by atomic mass is 32.2. The molecule has 0 saturated carbocycles. The van der Waals surface area contributed by atoms with E-state index in [9.17, 15) is 18.4 Å². The number of benzene rings is 2. The van der Waals surface area contributed by atoms with Crippen molar-refractivity contribution in [3.8, 4) is 17.2 Å². The third kappa shape index (κ3) is 3.41. The van der Waals surface area contributed by atoms with Crippen molar-refractivity contribution in [3.05, 3.63) is 76.1 Å². The highest BCUT2D eigenvalue weighted by Crippen LogP contribution is 2.44. The van der Waals surface area contributed by atoms with Crippen LogP contribution in [0.5, 0.6) is 0 Å². The van der Waals surface area contributed by atoms with Gasteiger partial charge < -0.3 is 0 Å². The van der Waals surface area contributed by atoms with Crippen LogP contribution in [0.3, 0.4) is 0 Å². The number of nitrogens with zero attached hydrogens (tertiary/aromatic N) is 2. The van der Waals surface area contributed by atoms with Gasteiger partial charge in [-0.25, -0.2) is 0 Å². The van der Waals surface area contributed by atoms with E-state index >= 15 is 0 Å². The Bertz CT molecular complexity index is 1200. The molecule has 0 bridgehead atoms. The number of aromatic nitrogens is 1. The normalized spacial score (nSPS) is 11.7. The lowest BCUT2D eigenvalue weighted by Crippen LogP contribution is -2.03. The zero-order valence-corrected chi connectivity index (χ0v) is 16.3. The Morgan fingerprint density at radius 3 is 2.46 bits per heavy atom. The average molecular weight is 414 g/mol. The van der Waals surface area contributed by atoms with Crippen molar-refractivity contribution < 1.29 is 13.2 Å². The first kappa shape index (κ1) is 18.7. The van der Waals surface area contributed by atoms with E-state index in [4.69, 9.17) is 0 Å². The third-order valence-electron chi connectivity index (χ3n) is 4.34. The van der Waals surface area contributed by atoms with Gasteiger partial charge in [-0.15, -0.1) is 11.3 Å². The molecule has 2 nitrogen and oxygen atoms in total. The SMILES string of the molecule is Cc1ccc(Sn2cc(-c3ccsc3C(F)(F)F)c3cc(C#N)ccc32)cc1. The van der Waals surface area contributed by atoms with Crippen LogP contribution in [0.4, 0.5) is 13.2 Å². The molecule has 0 fully saturated rings. The van der Waals surface area contributed by atoms with Crippen LogP contribution in [0, 0.1) is 18.3 Å². The lowest BCUT2D eigenvalue weighted by Gasteiger charge is -2.07. The number of alkyl halides is 3. The number of fused-ring (bicyclic) bond motifs is 1. The number of hydrogen-bond acceptors (Lipinski definition) is 3. The highest BCUT2D eigenvalue weighted by molar-refractivity contribution is 7.98. The summed E-state index contributed by atoms with van der Waals surface area (Å²) in [7, 11) is 0. The Labute approximate surface area is 168 Å². The van der Waals surface area contributed by atoms with E-state index < -0.39 is 11.1 Å². The summed E-state index contributed by atoms with van der Waals surface area (Å²) in [6.07, 6.45) is -2.71. The number of thiophene rings is 1. The second-order valence-electron chi connectivity index (χ2n) is 6.28. The van der Waals surface area contributed by atoms with E-state index in [1.54, 1.807) is 24.4 Å². The molecule has 0 radical (unpaired) electrons. The van der Waals surface area contributed by atoms with Crippen molar-refractivity contribution in [1.82, 2.24) is 3.97 Å². The maximum absolute atomic E-state index is 13.5. The molecule has 0 spiro atoms. The third-order valence-corrected chi connectivity index (χ3v) is 6.28. The maximum atomic E-state index is 13.5. The van der Waals surface area contributed by atoms with Crippen LogP contribution < -0.4 is 0 Å². The van der Waals surface area contributed by atoms with Crippen molar-refractivity contribution >= 4 is 34.2 Å². The minimum absolute atomic E-state index is 0.140. The van der Waals surface area contributed by atoms with E-state index in [1.807, 2.05) is 35.2 Å². The zero-order valence-electron chi connectivity index (χ0n) is 14.6. The van der Waals surface area contributed by atoms with Gasteiger partial charge in [0.05, 0.1) is 17.1 Å². The molecule has 4 rings (SSSR count). The van der Waals surface area contributed by atoms with E-state index in [0.29, 0.717) is 27.8 Å². The standard InChI is InChI=1S/C21H13F3N2S2/c1-13-2-5-15(6-3-13)28-26-12-18(16-8-9-27-20(16)21(22,23)24)17-10-14(11-25)4-7-19(17)26/h2-10,12H,1H3. The number of halogens is 3. The van der Waals surface area contributed by atoms with E-state index in [1.165, 1.54) is 23.4 Å². The molecule has 4 aromatic rings. The van der Waals surface area contributed by atoms with Gasteiger partial charge >= 0.3 is 6.18 Å². The molecule has 0 aliphatic carbocycles. The van der Waals surface area contributed by atoms with Crippen LogP contribution in [0.1, 0.15) is 16.0 Å². The predicted molar refractivity (Wildman–Crippen MR) is 107 cm³/mol. The Balaban J connectivity index is 1.90. The average Bonchev–Trinajstić information content (AvgIpc) is 3.28. The quantitative estimate of drug-likeness (QED) is 0.357. The molecular weight excluding hydrogens is 401 g/mol. The van der Waals surface area contributed by atoms with Gasteiger partial charge in [-0.2, -0.15) is 18.4 Å². The van der Waals surface area contributed by atoms with Crippen molar-refractivity contribution in [2.45, 2.75) is 18.0 Å². The largest absolute Gasteiger partial charge is 0.426 e. The fraction of sp³-hybridized carbons (Fsp3) is 0.0952. The summed E-state index contributed by atoms with van der Waals surface area (Å²) in [6.45, 7) is 2.00. The molecule has 0 aliphatic heterocycles. The topological polar surface area (TPSA) is 28.7 Å². The smallest absolute Gasteiger partial charge is 0.286 e. The number of nitriles is 1. The fourth-order valence-electron chi connectivity index (χ4n) is 3.01. The molecule has 0 N–H and O–H groups in total. The summed E-state index contributed by atoms with van der Waals surface area (Å²) in [4.78, 5) is 0.342. The minimum Gasteiger partial charge on any atom is -0.286 e. The molecule has 7 heteroatoms. The summed E-state index contributed by atoms with van der Waals surface area (Å²) in [5.41, 5.74) is 2.92. The van der Waals surface area contributed by atoms with Gasteiger partial charge in [0, 0.05) is 27.6 Å². The fourth-order valence-corrected chi connectivity index (χ4v) is 4.69. The molecule has 0 atom stereocenters. The van der Waals surface area contributed by atoms with Gasteiger partial charge in [0.25, 0.3) is 0 Å². The molecule has 0 unspecified atom stereocenters. The lowest BCUT2D eigenvalue weighted by molar-refractivity contribution is -0.133.